The molecule has 0 heterocycles. The fourth-order valence-corrected chi connectivity index (χ4v) is 1.27. The molecule has 0 aliphatic carbocycles. The highest BCUT2D eigenvalue weighted by Gasteiger charge is 1.99. The van der Waals surface area contributed by atoms with E-state index in [9.17, 15) is 0 Å². The number of hydrogen-bond acceptors (Lipinski definition) is 2. The van der Waals surface area contributed by atoms with Gasteiger partial charge in [-0.3, -0.25) is 4.31 Å². The second-order valence-corrected chi connectivity index (χ2v) is 3.49. The Morgan fingerprint density at radius 2 is 2.30 bits per heavy atom. The smallest absolute Gasteiger partial charge is 0.178 e. The number of hydrogen-bond donors (Lipinski definition) is 1. The molecule has 0 unspecified atom stereocenters. The third-order valence-corrected chi connectivity index (χ3v) is 2.74. The molecule has 0 saturated carbocycles. The van der Waals surface area contributed by atoms with Crippen LogP contribution in [-0.4, -0.2) is 29.3 Å². The minimum absolute atomic E-state index is 0.790. The van der Waals surface area contributed by atoms with Crippen LogP contribution in [0, 0.1) is 0 Å². The average molecular weight is 178 g/mol. The van der Waals surface area contributed by atoms with E-state index in [4.69, 9.17) is 12.2 Å². The van der Waals surface area contributed by atoms with Crippen LogP contribution in [0.5, 0.6) is 0 Å². The zero-order chi connectivity index (χ0) is 7.98. The lowest BCUT2D eigenvalue weighted by Gasteiger charge is -2.16. The minimum Gasteiger partial charge on any atom is -0.365 e. The van der Waals surface area contributed by atoms with Gasteiger partial charge in [0, 0.05) is 19.8 Å². The molecule has 0 atom stereocenters. The summed E-state index contributed by atoms with van der Waals surface area (Å²) in [5.41, 5.74) is 0. The van der Waals surface area contributed by atoms with Gasteiger partial charge in [0.05, 0.1) is 0 Å². The van der Waals surface area contributed by atoms with Crippen molar-refractivity contribution in [3.8, 4) is 0 Å². The number of thiocarbonyl (C=S) groups is 1. The van der Waals surface area contributed by atoms with Crippen molar-refractivity contribution in [2.45, 2.75) is 13.3 Å². The summed E-state index contributed by atoms with van der Waals surface area (Å²) in [6.45, 7) is 2.16. The van der Waals surface area contributed by atoms with Crippen LogP contribution < -0.4 is 5.32 Å². The SMILES string of the molecule is CCCSN(C)C(=S)NC. The van der Waals surface area contributed by atoms with Crippen molar-refractivity contribution in [2.75, 3.05) is 19.8 Å². The van der Waals surface area contributed by atoms with Crippen LogP contribution in [0.4, 0.5) is 0 Å². The van der Waals surface area contributed by atoms with E-state index in [1.54, 1.807) is 11.9 Å². The van der Waals surface area contributed by atoms with Gasteiger partial charge < -0.3 is 5.32 Å². The van der Waals surface area contributed by atoms with Crippen molar-refractivity contribution < 1.29 is 0 Å². The van der Waals surface area contributed by atoms with Gasteiger partial charge in [-0.25, -0.2) is 0 Å². The quantitative estimate of drug-likeness (QED) is 0.520. The van der Waals surface area contributed by atoms with Gasteiger partial charge in [0.1, 0.15) is 0 Å². The van der Waals surface area contributed by atoms with Crippen molar-refractivity contribution in [1.82, 2.24) is 9.62 Å². The number of nitrogens with one attached hydrogen (secondary N) is 1. The van der Waals surface area contributed by atoms with Crippen molar-refractivity contribution >= 4 is 29.3 Å². The first kappa shape index (κ1) is 10.0. The molecule has 0 amide bonds. The molecule has 10 heavy (non-hydrogen) atoms. The summed E-state index contributed by atoms with van der Waals surface area (Å²) < 4.78 is 1.97. The predicted octanol–water partition coefficient (Wildman–Crippen LogP) is 1.48. The Morgan fingerprint density at radius 1 is 1.70 bits per heavy atom. The van der Waals surface area contributed by atoms with E-state index in [0.29, 0.717) is 0 Å². The van der Waals surface area contributed by atoms with Crippen molar-refractivity contribution in [3.05, 3.63) is 0 Å². The highest BCUT2D eigenvalue weighted by atomic mass is 32.2. The van der Waals surface area contributed by atoms with Crippen LogP contribution >= 0.6 is 24.2 Å². The predicted molar refractivity (Wildman–Crippen MR) is 52.2 cm³/mol. The lowest BCUT2D eigenvalue weighted by atomic mass is 10.6. The zero-order valence-electron chi connectivity index (χ0n) is 6.68. The van der Waals surface area contributed by atoms with E-state index < -0.39 is 0 Å². The van der Waals surface area contributed by atoms with Crippen LogP contribution in [-0.2, 0) is 0 Å². The molecule has 0 aliphatic heterocycles. The average Bonchev–Trinajstić information content (AvgIpc) is 1.98. The summed E-state index contributed by atoms with van der Waals surface area (Å²) in [6, 6.07) is 0. The van der Waals surface area contributed by atoms with Crippen molar-refractivity contribution in [3.63, 3.8) is 0 Å². The zero-order valence-corrected chi connectivity index (χ0v) is 8.31. The lowest BCUT2D eigenvalue weighted by molar-refractivity contribution is 0.812. The van der Waals surface area contributed by atoms with E-state index in [-0.39, 0.29) is 0 Å². The fourth-order valence-electron chi connectivity index (χ4n) is 0.444. The first-order valence-corrected chi connectivity index (χ1v) is 4.65. The Bertz CT molecular complexity index is 106. The van der Waals surface area contributed by atoms with Gasteiger partial charge in [0.15, 0.2) is 5.11 Å². The second kappa shape index (κ2) is 5.80. The summed E-state index contributed by atoms with van der Waals surface area (Å²) in [5.74, 6) is 1.12. The maximum absolute atomic E-state index is 4.99. The highest BCUT2D eigenvalue weighted by Crippen LogP contribution is 2.07. The molecule has 0 aromatic rings. The Labute approximate surface area is 72.5 Å². The normalized spacial score (nSPS) is 9.10. The molecule has 0 radical (unpaired) electrons. The monoisotopic (exact) mass is 178 g/mol. The molecule has 4 heteroatoms. The Kier molecular flexibility index (Phi) is 5.82. The van der Waals surface area contributed by atoms with Crippen LogP contribution in [0.15, 0.2) is 0 Å². The van der Waals surface area contributed by atoms with Crippen molar-refractivity contribution in [2.24, 2.45) is 0 Å². The maximum Gasteiger partial charge on any atom is 0.178 e. The Hall–Kier alpha value is 0.0400. The van der Waals surface area contributed by atoms with Gasteiger partial charge in [0.2, 0.25) is 0 Å². The summed E-state index contributed by atoms with van der Waals surface area (Å²) in [6.07, 6.45) is 1.18. The third-order valence-electron chi connectivity index (χ3n) is 0.989. The summed E-state index contributed by atoms with van der Waals surface area (Å²) >= 11 is 6.72. The molecule has 0 bridgehead atoms. The van der Waals surface area contributed by atoms with E-state index >= 15 is 0 Å². The molecule has 0 aliphatic rings. The maximum atomic E-state index is 4.99. The largest absolute Gasteiger partial charge is 0.365 e. The minimum atomic E-state index is 0.790. The fraction of sp³-hybridized carbons (Fsp3) is 0.833. The first-order valence-electron chi connectivity index (χ1n) is 3.30. The van der Waals surface area contributed by atoms with Gasteiger partial charge in [0.25, 0.3) is 0 Å². The summed E-state index contributed by atoms with van der Waals surface area (Å²) in [7, 11) is 3.81. The van der Waals surface area contributed by atoms with Gasteiger partial charge in [-0.15, -0.1) is 0 Å². The van der Waals surface area contributed by atoms with E-state index in [2.05, 4.69) is 12.2 Å². The van der Waals surface area contributed by atoms with Gasteiger partial charge >= 0.3 is 0 Å². The molecule has 60 valence electrons. The van der Waals surface area contributed by atoms with E-state index in [1.807, 2.05) is 18.4 Å². The molecule has 0 spiro atoms. The molecule has 0 aromatic carbocycles. The van der Waals surface area contributed by atoms with Crippen molar-refractivity contribution in [1.29, 1.82) is 0 Å². The standard InChI is InChI=1S/C6H14N2S2/c1-4-5-10-8(3)6(9)7-2/h4-5H2,1-3H3,(H,7,9). The summed E-state index contributed by atoms with van der Waals surface area (Å²) in [4.78, 5) is 0. The first-order chi connectivity index (χ1) is 4.72. The third kappa shape index (κ3) is 3.95. The van der Waals surface area contributed by atoms with Crippen LogP contribution in [0.1, 0.15) is 13.3 Å². The Morgan fingerprint density at radius 3 is 2.70 bits per heavy atom. The molecule has 1 N–H and O–H groups in total. The molecular weight excluding hydrogens is 164 g/mol. The van der Waals surface area contributed by atoms with Gasteiger partial charge in [-0.2, -0.15) is 0 Å². The number of rotatable bonds is 3. The topological polar surface area (TPSA) is 15.3 Å². The van der Waals surface area contributed by atoms with E-state index in [0.717, 1.165) is 10.9 Å². The van der Waals surface area contributed by atoms with Gasteiger partial charge in [-0.05, 0) is 30.6 Å². The van der Waals surface area contributed by atoms with Gasteiger partial charge in [-0.1, -0.05) is 6.92 Å². The molecule has 0 fully saturated rings. The molecule has 0 saturated heterocycles. The Balaban J connectivity index is 3.41. The molecule has 2 nitrogen and oxygen atoms in total. The van der Waals surface area contributed by atoms with Crippen LogP contribution in [0.25, 0.3) is 0 Å². The van der Waals surface area contributed by atoms with Crippen LogP contribution in [0.3, 0.4) is 0 Å². The molecular formula is C6H14N2S2. The lowest BCUT2D eigenvalue weighted by Crippen LogP contribution is -2.29. The second-order valence-electron chi connectivity index (χ2n) is 1.89. The number of nitrogens with zero attached hydrogens (tertiary/aromatic N) is 1. The highest BCUT2D eigenvalue weighted by molar-refractivity contribution is 7.98. The van der Waals surface area contributed by atoms with E-state index in [1.165, 1.54) is 6.42 Å². The summed E-state index contributed by atoms with van der Waals surface area (Å²) in [5, 5.41) is 3.70. The molecule has 0 rings (SSSR count). The molecule has 0 aromatic heterocycles. The van der Waals surface area contributed by atoms with Crippen LogP contribution in [0.2, 0.25) is 0 Å².